The molecule has 0 amide bonds. The third-order valence-corrected chi connectivity index (χ3v) is 3.67. The second-order valence-electron chi connectivity index (χ2n) is 5.17. The summed E-state index contributed by atoms with van der Waals surface area (Å²) >= 11 is 0. The molecule has 3 aromatic rings. The molecule has 3 rings (SSSR count). The topological polar surface area (TPSA) is 64.2 Å². The summed E-state index contributed by atoms with van der Waals surface area (Å²) in [5.41, 5.74) is 3.49. The molecule has 0 bridgehead atoms. The van der Waals surface area contributed by atoms with Crippen LogP contribution in [0.1, 0.15) is 18.1 Å². The van der Waals surface area contributed by atoms with Crippen molar-refractivity contribution in [2.45, 2.75) is 6.92 Å². The van der Waals surface area contributed by atoms with Crippen molar-refractivity contribution in [3.63, 3.8) is 0 Å². The molecule has 0 aliphatic heterocycles. The number of nitrogens with zero attached hydrogens (tertiary/aromatic N) is 1. The summed E-state index contributed by atoms with van der Waals surface area (Å²) < 4.78 is 10.3. The Kier molecular flexibility index (Phi) is 4.61. The first-order valence-electron chi connectivity index (χ1n) is 7.69. The molecule has 122 valence electrons. The van der Waals surface area contributed by atoms with Crippen LogP contribution in [0.15, 0.2) is 54.6 Å². The maximum Gasteiger partial charge on any atom is 0.331 e. The number of ether oxygens (including phenoxy) is 2. The largest absolute Gasteiger partial charge is 0.480 e. The summed E-state index contributed by atoms with van der Waals surface area (Å²) in [6.07, 6.45) is 1.52. The fourth-order valence-corrected chi connectivity index (χ4v) is 2.57. The molecule has 1 aromatic heterocycles. The Bertz CT molecular complexity index is 882. The van der Waals surface area contributed by atoms with Crippen LogP contribution in [0.25, 0.3) is 16.5 Å². The van der Waals surface area contributed by atoms with Crippen molar-refractivity contribution in [3.05, 3.63) is 65.7 Å². The number of aromatic nitrogens is 2. The molecule has 1 heterocycles. The van der Waals surface area contributed by atoms with Gasteiger partial charge in [0, 0.05) is 6.08 Å². The van der Waals surface area contributed by atoms with E-state index in [1.165, 1.54) is 6.08 Å². The highest BCUT2D eigenvalue weighted by Gasteiger charge is 2.12. The number of H-pyrrole nitrogens is 1. The van der Waals surface area contributed by atoms with Gasteiger partial charge in [-0.25, -0.2) is 4.79 Å². The Morgan fingerprint density at radius 1 is 1.17 bits per heavy atom. The molecule has 5 nitrogen and oxygen atoms in total. The molecule has 0 atom stereocenters. The highest BCUT2D eigenvalue weighted by atomic mass is 16.5. The maximum absolute atomic E-state index is 12.0. The second-order valence-corrected chi connectivity index (χ2v) is 5.17. The van der Waals surface area contributed by atoms with Crippen LogP contribution in [0.4, 0.5) is 0 Å². The first kappa shape index (κ1) is 15.8. The lowest BCUT2D eigenvalue weighted by Gasteiger charge is -2.09. The van der Waals surface area contributed by atoms with Crippen LogP contribution in [-0.4, -0.2) is 29.9 Å². The zero-order chi connectivity index (χ0) is 16.9. The minimum absolute atomic E-state index is 0.339. The summed E-state index contributed by atoms with van der Waals surface area (Å²) in [6.45, 7) is 2.13. The highest BCUT2D eigenvalue weighted by Crippen LogP contribution is 2.29. The standard InChI is InChI=1S/C19H18N2O3/c1-3-24-18(22)12-15(13-7-5-4-6-8-13)14-9-10-17-16(11-14)19(23-2)21-20-17/h4-12H,3H2,1-2H3,(H,20,21). The van der Waals surface area contributed by atoms with Crippen LogP contribution < -0.4 is 4.74 Å². The lowest BCUT2D eigenvalue weighted by Crippen LogP contribution is -2.01. The summed E-state index contributed by atoms with van der Waals surface area (Å²) in [4.78, 5) is 12.0. The number of methoxy groups -OCH3 is 1. The van der Waals surface area contributed by atoms with Crippen LogP contribution in [0, 0.1) is 0 Å². The molecule has 0 radical (unpaired) electrons. The number of hydrogen-bond donors (Lipinski definition) is 1. The van der Waals surface area contributed by atoms with Gasteiger partial charge in [0.25, 0.3) is 0 Å². The molecule has 24 heavy (non-hydrogen) atoms. The monoisotopic (exact) mass is 322 g/mol. The van der Waals surface area contributed by atoms with Crippen LogP contribution >= 0.6 is 0 Å². The Labute approximate surface area is 139 Å². The second kappa shape index (κ2) is 7.00. The first-order valence-corrected chi connectivity index (χ1v) is 7.69. The van der Waals surface area contributed by atoms with Gasteiger partial charge < -0.3 is 9.47 Å². The lowest BCUT2D eigenvalue weighted by molar-refractivity contribution is -0.137. The van der Waals surface area contributed by atoms with Crippen molar-refractivity contribution in [2.75, 3.05) is 13.7 Å². The van der Waals surface area contributed by atoms with E-state index < -0.39 is 0 Å². The van der Waals surface area contributed by atoms with Gasteiger partial charge in [-0.3, -0.25) is 5.10 Å². The predicted octanol–water partition coefficient (Wildman–Crippen LogP) is 3.57. The Hall–Kier alpha value is -3.08. The van der Waals surface area contributed by atoms with E-state index in [-0.39, 0.29) is 5.97 Å². The molecular formula is C19H18N2O3. The molecule has 1 N–H and O–H groups in total. The number of carbonyl (C=O) groups is 1. The van der Waals surface area contributed by atoms with Crippen molar-refractivity contribution in [1.29, 1.82) is 0 Å². The molecule has 0 aliphatic rings. The van der Waals surface area contributed by atoms with Gasteiger partial charge in [0.05, 0.1) is 24.6 Å². The molecule has 0 aliphatic carbocycles. The van der Waals surface area contributed by atoms with Gasteiger partial charge in [0.1, 0.15) is 0 Å². The Morgan fingerprint density at radius 3 is 2.67 bits per heavy atom. The number of benzene rings is 2. The third kappa shape index (κ3) is 3.15. The average molecular weight is 322 g/mol. The van der Waals surface area contributed by atoms with Crippen molar-refractivity contribution in [3.8, 4) is 5.88 Å². The number of carbonyl (C=O) groups excluding carboxylic acids is 1. The Morgan fingerprint density at radius 2 is 1.96 bits per heavy atom. The molecule has 0 unspecified atom stereocenters. The summed E-state index contributed by atoms with van der Waals surface area (Å²) in [7, 11) is 1.58. The number of esters is 1. The summed E-state index contributed by atoms with van der Waals surface area (Å²) in [5.74, 6) is 0.158. The van der Waals surface area contributed by atoms with Crippen LogP contribution in [0.2, 0.25) is 0 Å². The molecule has 0 spiro atoms. The van der Waals surface area contributed by atoms with Gasteiger partial charge >= 0.3 is 5.97 Å². The molecule has 2 aromatic carbocycles. The van der Waals surface area contributed by atoms with E-state index in [4.69, 9.17) is 9.47 Å². The van der Waals surface area contributed by atoms with E-state index in [2.05, 4.69) is 10.2 Å². The minimum atomic E-state index is -0.365. The highest BCUT2D eigenvalue weighted by molar-refractivity contribution is 5.98. The lowest BCUT2D eigenvalue weighted by atomic mass is 9.96. The van der Waals surface area contributed by atoms with Crippen molar-refractivity contribution < 1.29 is 14.3 Å². The molecule has 0 fully saturated rings. The zero-order valence-corrected chi connectivity index (χ0v) is 13.6. The molecule has 0 saturated heterocycles. The van der Waals surface area contributed by atoms with Crippen LogP contribution in [-0.2, 0) is 9.53 Å². The van der Waals surface area contributed by atoms with Gasteiger partial charge in [0.15, 0.2) is 0 Å². The van der Waals surface area contributed by atoms with Gasteiger partial charge in [-0.1, -0.05) is 36.4 Å². The van der Waals surface area contributed by atoms with Crippen LogP contribution in [0.3, 0.4) is 0 Å². The predicted molar refractivity (Wildman–Crippen MR) is 92.8 cm³/mol. The summed E-state index contributed by atoms with van der Waals surface area (Å²) in [6, 6.07) is 15.5. The van der Waals surface area contributed by atoms with Gasteiger partial charge in [-0.2, -0.15) is 0 Å². The van der Waals surface area contributed by atoms with Gasteiger partial charge in [0.2, 0.25) is 5.88 Å². The van der Waals surface area contributed by atoms with Gasteiger partial charge in [-0.15, -0.1) is 5.10 Å². The number of aromatic amines is 1. The zero-order valence-electron chi connectivity index (χ0n) is 13.6. The Balaban J connectivity index is 2.13. The van der Waals surface area contributed by atoms with E-state index in [1.807, 2.05) is 48.5 Å². The number of hydrogen-bond acceptors (Lipinski definition) is 4. The fraction of sp³-hybridized carbons (Fsp3) is 0.158. The number of rotatable bonds is 5. The van der Waals surface area contributed by atoms with E-state index in [0.717, 1.165) is 27.6 Å². The van der Waals surface area contributed by atoms with Crippen molar-refractivity contribution in [1.82, 2.24) is 10.2 Å². The first-order chi connectivity index (χ1) is 11.7. The minimum Gasteiger partial charge on any atom is -0.480 e. The number of nitrogens with one attached hydrogen (secondary N) is 1. The van der Waals surface area contributed by atoms with Crippen LogP contribution in [0.5, 0.6) is 5.88 Å². The smallest absolute Gasteiger partial charge is 0.331 e. The molecule has 0 saturated carbocycles. The maximum atomic E-state index is 12.0. The number of fused-ring (bicyclic) bond motifs is 1. The SMILES string of the molecule is CCOC(=O)C=C(c1ccccc1)c1ccc2[nH]nc(OC)c2c1. The quantitative estimate of drug-likeness (QED) is 0.576. The van der Waals surface area contributed by atoms with Crippen molar-refractivity contribution in [2.24, 2.45) is 0 Å². The fourth-order valence-electron chi connectivity index (χ4n) is 2.57. The average Bonchev–Trinajstić information content (AvgIpc) is 3.03. The van der Waals surface area contributed by atoms with E-state index in [1.54, 1.807) is 14.0 Å². The molecular weight excluding hydrogens is 304 g/mol. The molecule has 5 heteroatoms. The van der Waals surface area contributed by atoms with Gasteiger partial charge in [-0.05, 0) is 35.8 Å². The van der Waals surface area contributed by atoms with E-state index in [0.29, 0.717) is 12.5 Å². The van der Waals surface area contributed by atoms with E-state index in [9.17, 15) is 4.79 Å². The van der Waals surface area contributed by atoms with E-state index >= 15 is 0 Å². The normalized spacial score (nSPS) is 11.5. The summed E-state index contributed by atoms with van der Waals surface area (Å²) in [5, 5.41) is 7.90. The third-order valence-electron chi connectivity index (χ3n) is 3.67. The van der Waals surface area contributed by atoms with Crippen molar-refractivity contribution >= 4 is 22.4 Å².